The zero-order valence-corrected chi connectivity index (χ0v) is 90.1. The lowest BCUT2D eigenvalue weighted by Crippen LogP contribution is -2.15. The van der Waals surface area contributed by atoms with Gasteiger partial charge >= 0.3 is 0 Å². The predicted molar refractivity (Wildman–Crippen MR) is 556 cm³/mol. The number of aromatic nitrogens is 23. The molecule has 0 saturated carbocycles. The second-order valence-electron chi connectivity index (χ2n) is 38.9. The number of ether oxygens (including phenoxy) is 8. The number of rotatable bonds is 24. The molecule has 4 saturated heterocycles. The summed E-state index contributed by atoms with van der Waals surface area (Å²) >= 11 is 0. The molecule has 16 aromatic rings. The Bertz CT molecular complexity index is 6460. The zero-order valence-electron chi connectivity index (χ0n) is 90.1. The summed E-state index contributed by atoms with van der Waals surface area (Å²) in [6.07, 6.45) is 20.3. The molecule has 39 heteroatoms. The standard InChI is InChI=1S/2C16H21N3O3.2C15H19N3O2.C13H16N2O.2C12H15N3O2.C11H13N3O/c1-10(2)12-9-17-13(8-14(12)20-3)16-19-18-15(22-16)11-4-6-21-7-5-11;1-10(2)12-9-17-13(8-14(12)20-3)16-18-15(19-22-16)11-4-6-21-7-5-11;1-10(2)12-3-4-13(16-9-12)15-18-17-14(20-15)11-5-7-19-8-6-11;1-10(2)12-3-4-13(16-9-12)15-17-14(18-20-15)11-5-7-19-8-6-11;1-8(2)11-5-6-12(9(3)7-11)13-15-14-10(4)16-13;1-7(2)9-6-13-10(5-11(9)16-4)12-15-14-8(3)17-12;1-7(2)9-6-13-10(5-11(9)16-4)12-14-8(3)15-17-12;1-7(2)9-4-5-10(12-6-9)11-13-8(3)14-15-11/h2*8-11H,4-7H2,1-3H3;2*3-4,9-11H,5-8H2,1-2H3;5-8H,1-4H3;2*5-7H,1-4H3;4-7H,1-3H3. The van der Waals surface area contributed by atoms with Crippen LogP contribution in [0.2, 0.25) is 0 Å². The number of hydrogen-bond acceptors (Lipinski definition) is 39. The van der Waals surface area contributed by atoms with E-state index in [1.807, 2.05) is 79.5 Å². The maximum Gasteiger partial charge on any atom is 0.276 e. The summed E-state index contributed by atoms with van der Waals surface area (Å²) < 4.78 is 86.2. The van der Waals surface area contributed by atoms with Gasteiger partial charge in [-0.3, -0.25) is 34.9 Å². The predicted octanol–water partition coefficient (Wildman–Crippen LogP) is 23.8. The van der Waals surface area contributed by atoms with Crippen molar-refractivity contribution >= 4 is 0 Å². The topological polar surface area (TPSA) is 475 Å². The highest BCUT2D eigenvalue weighted by atomic mass is 16.5. The van der Waals surface area contributed by atoms with Crippen molar-refractivity contribution in [2.75, 3.05) is 81.3 Å². The molecule has 4 aliphatic rings. The lowest BCUT2D eigenvalue weighted by Gasteiger charge is -2.18. The lowest BCUT2D eigenvalue weighted by atomic mass is 9.98. The molecule has 0 atom stereocenters. The van der Waals surface area contributed by atoms with Crippen molar-refractivity contribution < 1.29 is 73.7 Å². The summed E-state index contributed by atoms with van der Waals surface area (Å²) in [5.41, 5.74) is 16.1. The Labute approximate surface area is 869 Å². The molecule has 19 heterocycles. The number of benzene rings is 1. The van der Waals surface area contributed by atoms with Gasteiger partial charge in [0.1, 0.15) is 62.9 Å². The van der Waals surface area contributed by atoms with Gasteiger partial charge in [-0.25, -0.2) is 0 Å². The fraction of sp³-hybridized carbons (Fsp3) is 0.482. The summed E-state index contributed by atoms with van der Waals surface area (Å²) in [4.78, 5) is 47.8. The Kier molecular flexibility index (Phi) is 40.7. The van der Waals surface area contributed by atoms with E-state index < -0.39 is 0 Å². The van der Waals surface area contributed by atoms with E-state index in [0.717, 1.165) is 184 Å². The number of aryl methyl sites for hydroxylation is 5. The van der Waals surface area contributed by atoms with Crippen LogP contribution in [0.25, 0.3) is 92.5 Å². The number of nitrogens with zero attached hydrogens (tertiary/aromatic N) is 23. The molecule has 4 aliphatic heterocycles. The maximum absolute atomic E-state index is 5.81. The van der Waals surface area contributed by atoms with Crippen LogP contribution >= 0.6 is 0 Å². The minimum Gasteiger partial charge on any atom is -0.496 e. The smallest absolute Gasteiger partial charge is 0.276 e. The second-order valence-corrected chi connectivity index (χ2v) is 38.9. The molecule has 0 unspecified atom stereocenters. The number of methoxy groups -OCH3 is 4. The molecule has 0 bridgehead atoms. The molecule has 0 N–H and O–H groups in total. The Hall–Kier alpha value is -14.6. The lowest BCUT2D eigenvalue weighted by molar-refractivity contribution is 0.0795. The molecule has 1 aromatic carbocycles. The van der Waals surface area contributed by atoms with Gasteiger partial charge in [-0.15, -0.1) is 40.8 Å². The van der Waals surface area contributed by atoms with E-state index in [4.69, 9.17) is 73.7 Å². The molecule has 15 aromatic heterocycles. The molecule has 790 valence electrons. The van der Waals surface area contributed by atoms with Crippen molar-refractivity contribution in [2.24, 2.45) is 0 Å². The third-order valence-corrected chi connectivity index (χ3v) is 25.2. The molecular weight excluding hydrogens is 1900 g/mol. The van der Waals surface area contributed by atoms with Gasteiger partial charge in [0.15, 0.2) is 23.3 Å². The summed E-state index contributed by atoms with van der Waals surface area (Å²) in [7, 11) is 6.60. The van der Waals surface area contributed by atoms with Crippen LogP contribution in [0.1, 0.15) is 330 Å². The highest BCUT2D eigenvalue weighted by Crippen LogP contribution is 2.39. The van der Waals surface area contributed by atoms with Gasteiger partial charge < -0.3 is 73.7 Å². The highest BCUT2D eigenvalue weighted by molar-refractivity contribution is 5.60. The minimum absolute atomic E-state index is 0.284. The van der Waals surface area contributed by atoms with Crippen molar-refractivity contribution in [1.29, 1.82) is 0 Å². The molecule has 39 nitrogen and oxygen atoms in total. The van der Waals surface area contributed by atoms with Crippen molar-refractivity contribution in [3.8, 4) is 116 Å². The summed E-state index contributed by atoms with van der Waals surface area (Å²) in [5.74, 6) is 16.8. The van der Waals surface area contributed by atoms with Gasteiger partial charge in [0.2, 0.25) is 29.5 Å². The monoisotopic (exact) mass is 2040 g/mol. The first-order chi connectivity index (χ1) is 71.8. The average Bonchev–Trinajstić information content (AvgIpc) is 1.74. The van der Waals surface area contributed by atoms with Crippen LogP contribution in [0, 0.1) is 34.6 Å². The largest absolute Gasteiger partial charge is 0.496 e. The third-order valence-electron chi connectivity index (χ3n) is 25.2. The minimum atomic E-state index is 0.284. The van der Waals surface area contributed by atoms with Gasteiger partial charge in [-0.2, -0.15) is 19.9 Å². The summed E-state index contributed by atoms with van der Waals surface area (Å²) in [5, 5.41) is 47.8. The van der Waals surface area contributed by atoms with E-state index in [1.54, 1.807) is 68.5 Å². The van der Waals surface area contributed by atoms with Crippen LogP contribution in [0.4, 0.5) is 0 Å². The molecular formula is C110H139N23O16. The molecule has 0 aliphatic carbocycles. The van der Waals surface area contributed by atoms with Crippen LogP contribution < -0.4 is 18.9 Å². The van der Waals surface area contributed by atoms with Crippen molar-refractivity contribution in [2.45, 2.75) is 268 Å². The van der Waals surface area contributed by atoms with Crippen LogP contribution in [-0.4, -0.2) is 198 Å². The Morgan fingerprint density at radius 2 is 0.530 bits per heavy atom. The first-order valence-corrected chi connectivity index (χ1v) is 50.9. The second kappa shape index (κ2) is 54.4. The average molecular weight is 2040 g/mol. The Morgan fingerprint density at radius 1 is 0.255 bits per heavy atom. The summed E-state index contributed by atoms with van der Waals surface area (Å²) in [6, 6.07) is 25.7. The maximum atomic E-state index is 5.81. The van der Waals surface area contributed by atoms with E-state index in [1.165, 1.54) is 27.8 Å². The molecule has 0 amide bonds. The zero-order chi connectivity index (χ0) is 106. The highest BCUT2D eigenvalue weighted by Gasteiger charge is 2.30. The van der Waals surface area contributed by atoms with Gasteiger partial charge in [-0.05, 0) is 172 Å². The van der Waals surface area contributed by atoms with E-state index in [-0.39, 0.29) is 5.92 Å². The normalized spacial score (nSPS) is 14.0. The fourth-order valence-corrected chi connectivity index (χ4v) is 16.0. The van der Waals surface area contributed by atoms with E-state index in [2.05, 4.69) is 264 Å². The molecule has 0 spiro atoms. The first kappa shape index (κ1) is 112. The summed E-state index contributed by atoms with van der Waals surface area (Å²) in [6.45, 7) is 49.3. The van der Waals surface area contributed by atoms with Gasteiger partial charge in [0.25, 0.3) is 41.2 Å². The molecule has 149 heavy (non-hydrogen) atoms. The SMILES string of the molecule is CC(C)c1ccc(-c2nc(C3CCOCC3)no2)nc1.CC(C)c1ccc(-c2nnc(C3CCOCC3)o2)nc1.COc1cc(-c2nc(C)no2)ncc1C(C)C.COc1cc(-c2nc(C3CCOCC3)no2)ncc1C(C)C.COc1cc(-c2nnc(C)o2)ncc1C(C)C.COc1cc(-c2nnc(C3CCOCC3)o2)ncc1C(C)C.Cc1nnc(-c2ccc(C(C)C)cc2C)o1.Cc1noc(-c2ccc(C(C)C)cn2)n1. The third kappa shape index (κ3) is 31.1. The van der Waals surface area contributed by atoms with Crippen molar-refractivity contribution in [1.82, 2.24) is 116 Å². The van der Waals surface area contributed by atoms with Crippen molar-refractivity contribution in [3.63, 3.8) is 0 Å². The fourth-order valence-electron chi connectivity index (χ4n) is 16.0. The van der Waals surface area contributed by atoms with Gasteiger partial charge in [-0.1, -0.05) is 162 Å². The molecule has 4 fully saturated rings. The van der Waals surface area contributed by atoms with Crippen LogP contribution in [0.15, 0.2) is 158 Å². The van der Waals surface area contributed by atoms with Crippen LogP contribution in [-0.2, 0) is 18.9 Å². The van der Waals surface area contributed by atoms with E-state index in [9.17, 15) is 0 Å². The molecule has 20 rings (SSSR count). The van der Waals surface area contributed by atoms with Gasteiger partial charge in [0.05, 0.1) is 28.4 Å². The van der Waals surface area contributed by atoms with Gasteiger partial charge in [0, 0.05) is 186 Å². The van der Waals surface area contributed by atoms with E-state index in [0.29, 0.717) is 170 Å². The van der Waals surface area contributed by atoms with Crippen LogP contribution in [0.5, 0.6) is 23.0 Å². The van der Waals surface area contributed by atoms with E-state index >= 15 is 0 Å². The quantitative estimate of drug-likeness (QED) is 0.0542. The Balaban J connectivity index is 0.000000142. The number of pyridine rings is 7. The first-order valence-electron chi connectivity index (χ1n) is 50.9. The van der Waals surface area contributed by atoms with Crippen LogP contribution in [0.3, 0.4) is 0 Å². The Morgan fingerprint density at radius 3 is 0.826 bits per heavy atom. The molecule has 0 radical (unpaired) electrons. The van der Waals surface area contributed by atoms with Crippen molar-refractivity contribution in [3.05, 3.63) is 219 Å². The number of hydrogen-bond donors (Lipinski definition) is 0.